The van der Waals surface area contributed by atoms with Crippen LogP contribution >= 0.6 is 0 Å². The highest BCUT2D eigenvalue weighted by Gasteiger charge is 2.12. The maximum Gasteiger partial charge on any atom is 0.236 e. The van der Waals surface area contributed by atoms with Crippen molar-refractivity contribution in [1.82, 2.24) is 4.98 Å². The van der Waals surface area contributed by atoms with Crippen molar-refractivity contribution in [2.24, 2.45) is 11.7 Å². The van der Waals surface area contributed by atoms with E-state index >= 15 is 0 Å². The molecule has 0 radical (unpaired) electrons. The Morgan fingerprint density at radius 1 is 1.53 bits per heavy atom. The van der Waals surface area contributed by atoms with Crippen molar-refractivity contribution in [2.45, 2.75) is 13.8 Å². The van der Waals surface area contributed by atoms with Gasteiger partial charge in [0, 0.05) is 18.3 Å². The number of pyridine rings is 1. The monoisotopic (exact) mass is 235 g/mol. The number of carbonyl (C=O) groups is 2. The molecule has 1 aromatic rings. The van der Waals surface area contributed by atoms with Crippen LogP contribution in [0.3, 0.4) is 0 Å². The van der Waals surface area contributed by atoms with E-state index in [0.29, 0.717) is 23.8 Å². The Morgan fingerprint density at radius 3 is 2.65 bits per heavy atom. The number of anilines is 1. The van der Waals surface area contributed by atoms with Crippen LogP contribution in [0, 0.1) is 5.92 Å². The van der Waals surface area contributed by atoms with Crippen molar-refractivity contribution in [1.29, 1.82) is 0 Å². The van der Waals surface area contributed by atoms with Gasteiger partial charge in [0.15, 0.2) is 6.29 Å². The van der Waals surface area contributed by atoms with Crippen molar-refractivity contribution in [3.05, 3.63) is 23.9 Å². The summed E-state index contributed by atoms with van der Waals surface area (Å²) in [5, 5.41) is 0. The number of aromatic nitrogens is 1. The second-order valence-corrected chi connectivity index (χ2v) is 4.31. The van der Waals surface area contributed by atoms with Gasteiger partial charge >= 0.3 is 0 Å². The standard InChI is InChI=1S/C12H17N3O2/c1-9(2)6-15(7-11(13)17)12-4-3-10(8-16)5-14-12/h3-5,8-9H,6-7H2,1-2H3,(H2,13,17). The summed E-state index contributed by atoms with van der Waals surface area (Å²) >= 11 is 0. The Kier molecular flexibility index (Phi) is 4.63. The molecule has 92 valence electrons. The van der Waals surface area contributed by atoms with Crippen LogP contribution in [-0.4, -0.2) is 30.3 Å². The minimum Gasteiger partial charge on any atom is -0.368 e. The van der Waals surface area contributed by atoms with Gasteiger partial charge in [-0.05, 0) is 18.1 Å². The number of amides is 1. The third-order valence-electron chi connectivity index (χ3n) is 2.16. The maximum absolute atomic E-state index is 11.0. The summed E-state index contributed by atoms with van der Waals surface area (Å²) < 4.78 is 0. The Balaban J connectivity index is 2.86. The van der Waals surface area contributed by atoms with E-state index in [1.54, 1.807) is 12.1 Å². The highest BCUT2D eigenvalue weighted by atomic mass is 16.1. The van der Waals surface area contributed by atoms with Crippen LogP contribution in [0.25, 0.3) is 0 Å². The number of hydrogen-bond donors (Lipinski definition) is 1. The number of nitrogens with zero attached hydrogens (tertiary/aromatic N) is 2. The maximum atomic E-state index is 11.0. The molecule has 1 heterocycles. The van der Waals surface area contributed by atoms with Gasteiger partial charge in [-0.25, -0.2) is 4.98 Å². The average Bonchev–Trinajstić information content (AvgIpc) is 2.27. The molecule has 0 aliphatic rings. The zero-order valence-corrected chi connectivity index (χ0v) is 10.1. The van der Waals surface area contributed by atoms with Gasteiger partial charge < -0.3 is 10.6 Å². The molecular weight excluding hydrogens is 218 g/mol. The van der Waals surface area contributed by atoms with Crippen LogP contribution in [0.1, 0.15) is 24.2 Å². The predicted octanol–water partition coefficient (Wildman–Crippen LogP) is 0.842. The number of aldehydes is 1. The number of primary amides is 1. The molecule has 0 spiro atoms. The molecule has 1 rings (SSSR count). The van der Waals surface area contributed by atoms with Crippen LogP contribution in [-0.2, 0) is 4.79 Å². The van der Waals surface area contributed by atoms with E-state index in [1.807, 2.05) is 18.7 Å². The van der Waals surface area contributed by atoms with Crippen molar-refractivity contribution in [2.75, 3.05) is 18.0 Å². The molecule has 0 fully saturated rings. The second kappa shape index (κ2) is 5.98. The molecule has 0 aliphatic heterocycles. The van der Waals surface area contributed by atoms with Gasteiger partial charge in [-0.3, -0.25) is 9.59 Å². The molecular formula is C12H17N3O2. The molecule has 0 aromatic carbocycles. The molecule has 0 atom stereocenters. The minimum atomic E-state index is -0.396. The number of hydrogen-bond acceptors (Lipinski definition) is 4. The third kappa shape index (κ3) is 4.22. The van der Waals surface area contributed by atoms with E-state index in [9.17, 15) is 9.59 Å². The summed E-state index contributed by atoms with van der Waals surface area (Å²) in [5.41, 5.74) is 5.71. The average molecular weight is 235 g/mol. The zero-order chi connectivity index (χ0) is 12.8. The highest BCUT2D eigenvalue weighted by Crippen LogP contribution is 2.12. The van der Waals surface area contributed by atoms with E-state index in [0.717, 1.165) is 6.29 Å². The van der Waals surface area contributed by atoms with Crippen LogP contribution in [0.4, 0.5) is 5.82 Å². The van der Waals surface area contributed by atoms with Gasteiger partial charge in [0.05, 0.1) is 6.54 Å². The first kappa shape index (κ1) is 13.2. The number of rotatable bonds is 6. The Morgan fingerprint density at radius 2 is 2.24 bits per heavy atom. The first-order chi connectivity index (χ1) is 8.02. The van der Waals surface area contributed by atoms with Crippen molar-refractivity contribution < 1.29 is 9.59 Å². The van der Waals surface area contributed by atoms with Gasteiger partial charge in [0.1, 0.15) is 5.82 Å². The fourth-order valence-electron chi connectivity index (χ4n) is 1.52. The zero-order valence-electron chi connectivity index (χ0n) is 10.1. The summed E-state index contributed by atoms with van der Waals surface area (Å²) in [5.74, 6) is 0.650. The normalized spacial score (nSPS) is 10.3. The lowest BCUT2D eigenvalue weighted by atomic mass is 10.2. The van der Waals surface area contributed by atoms with Crippen LogP contribution in [0.5, 0.6) is 0 Å². The predicted molar refractivity (Wildman–Crippen MR) is 65.9 cm³/mol. The van der Waals surface area contributed by atoms with Crippen molar-refractivity contribution >= 4 is 18.0 Å². The molecule has 5 heteroatoms. The van der Waals surface area contributed by atoms with Gasteiger partial charge in [0.25, 0.3) is 0 Å². The summed E-state index contributed by atoms with van der Waals surface area (Å²) in [4.78, 5) is 27.4. The first-order valence-corrected chi connectivity index (χ1v) is 5.47. The van der Waals surface area contributed by atoms with Crippen molar-refractivity contribution in [3.8, 4) is 0 Å². The summed E-state index contributed by atoms with van der Waals surface area (Å²) in [6.07, 6.45) is 2.22. The first-order valence-electron chi connectivity index (χ1n) is 5.47. The van der Waals surface area contributed by atoms with Gasteiger partial charge in [0.2, 0.25) is 5.91 Å². The number of carbonyl (C=O) groups excluding carboxylic acids is 2. The quantitative estimate of drug-likeness (QED) is 0.741. The smallest absolute Gasteiger partial charge is 0.236 e. The topological polar surface area (TPSA) is 76.3 Å². The lowest BCUT2D eigenvalue weighted by Gasteiger charge is -2.24. The fourth-order valence-corrected chi connectivity index (χ4v) is 1.52. The molecule has 0 unspecified atom stereocenters. The molecule has 0 saturated carbocycles. The molecule has 1 aromatic heterocycles. The van der Waals surface area contributed by atoms with Crippen molar-refractivity contribution in [3.63, 3.8) is 0 Å². The van der Waals surface area contributed by atoms with Gasteiger partial charge in [-0.15, -0.1) is 0 Å². The van der Waals surface area contributed by atoms with E-state index in [4.69, 9.17) is 5.73 Å². The molecule has 1 amide bonds. The summed E-state index contributed by atoms with van der Waals surface area (Å²) in [6, 6.07) is 3.39. The fraction of sp³-hybridized carbons (Fsp3) is 0.417. The molecule has 0 saturated heterocycles. The molecule has 0 bridgehead atoms. The Bertz CT molecular complexity index is 387. The molecule has 17 heavy (non-hydrogen) atoms. The lowest BCUT2D eigenvalue weighted by Crippen LogP contribution is -2.36. The molecule has 5 nitrogen and oxygen atoms in total. The van der Waals surface area contributed by atoms with Crippen LogP contribution in [0.2, 0.25) is 0 Å². The lowest BCUT2D eigenvalue weighted by molar-refractivity contribution is -0.116. The SMILES string of the molecule is CC(C)CN(CC(N)=O)c1ccc(C=O)cn1. The summed E-state index contributed by atoms with van der Waals surface area (Å²) in [6.45, 7) is 4.92. The third-order valence-corrected chi connectivity index (χ3v) is 2.16. The minimum absolute atomic E-state index is 0.131. The molecule has 0 aliphatic carbocycles. The van der Waals surface area contributed by atoms with Crippen LogP contribution in [0.15, 0.2) is 18.3 Å². The Hall–Kier alpha value is -1.91. The summed E-state index contributed by atoms with van der Waals surface area (Å²) in [7, 11) is 0. The van der Waals surface area contributed by atoms with Crippen LogP contribution < -0.4 is 10.6 Å². The number of nitrogens with two attached hydrogens (primary N) is 1. The second-order valence-electron chi connectivity index (χ2n) is 4.31. The molecule has 2 N–H and O–H groups in total. The van der Waals surface area contributed by atoms with E-state index in [-0.39, 0.29) is 6.54 Å². The van der Waals surface area contributed by atoms with E-state index < -0.39 is 5.91 Å². The van der Waals surface area contributed by atoms with Gasteiger partial charge in [-0.2, -0.15) is 0 Å². The largest absolute Gasteiger partial charge is 0.368 e. The Labute approximate surface area is 101 Å². The van der Waals surface area contributed by atoms with Gasteiger partial charge in [-0.1, -0.05) is 13.8 Å². The van der Waals surface area contributed by atoms with E-state index in [1.165, 1.54) is 6.20 Å². The highest BCUT2D eigenvalue weighted by molar-refractivity contribution is 5.79. The van der Waals surface area contributed by atoms with E-state index in [2.05, 4.69) is 4.98 Å².